The van der Waals surface area contributed by atoms with E-state index in [1.807, 2.05) is 4.90 Å². The smallest absolute Gasteiger partial charge is 0.251 e. The van der Waals surface area contributed by atoms with E-state index in [0.29, 0.717) is 38.7 Å². The number of ether oxygens (including phenoxy) is 1. The number of carbonyl (C=O) groups is 2. The summed E-state index contributed by atoms with van der Waals surface area (Å²) in [6, 6.07) is 0. The van der Waals surface area contributed by atoms with Crippen molar-refractivity contribution in [2.75, 3.05) is 60.5 Å². The molecule has 2 saturated heterocycles. The normalized spacial score (nSPS) is 21.3. The highest BCUT2D eigenvalue weighted by Gasteiger charge is 2.30. The summed E-state index contributed by atoms with van der Waals surface area (Å²) in [6.07, 6.45) is 1.54. The summed E-state index contributed by atoms with van der Waals surface area (Å²) in [5.41, 5.74) is 0. The fourth-order valence-corrected chi connectivity index (χ4v) is 2.76. The molecular weight excluding hydrogens is 425 g/mol. The first-order valence-corrected chi connectivity index (χ1v) is 8.09. The number of nitrogens with zero attached hydrogens (tertiary/aromatic N) is 4. The Balaban J connectivity index is 0.00000288. The Morgan fingerprint density at radius 3 is 2.33 bits per heavy atom. The van der Waals surface area contributed by atoms with E-state index >= 15 is 0 Å². The zero-order valence-corrected chi connectivity index (χ0v) is 17.0. The quantitative estimate of drug-likeness (QED) is 0.357. The van der Waals surface area contributed by atoms with Crippen LogP contribution in [0.5, 0.6) is 0 Å². The van der Waals surface area contributed by atoms with E-state index in [-0.39, 0.29) is 48.4 Å². The third-order valence-corrected chi connectivity index (χ3v) is 4.20. The van der Waals surface area contributed by atoms with Crippen molar-refractivity contribution in [2.45, 2.75) is 18.9 Å². The fraction of sp³-hybridized carbons (Fsp3) is 0.800. The van der Waals surface area contributed by atoms with E-state index in [1.165, 1.54) is 0 Å². The van der Waals surface area contributed by atoms with Crippen LogP contribution >= 0.6 is 24.0 Å². The van der Waals surface area contributed by atoms with Crippen LogP contribution in [0.3, 0.4) is 0 Å². The van der Waals surface area contributed by atoms with Crippen LogP contribution < -0.4 is 5.32 Å². The topological polar surface area (TPSA) is 77.5 Å². The van der Waals surface area contributed by atoms with Crippen molar-refractivity contribution >= 4 is 41.8 Å². The van der Waals surface area contributed by atoms with Crippen LogP contribution in [0.25, 0.3) is 0 Å². The molecule has 0 radical (unpaired) electrons. The minimum atomic E-state index is -0.253. The van der Waals surface area contributed by atoms with Gasteiger partial charge in [-0.25, -0.2) is 0 Å². The summed E-state index contributed by atoms with van der Waals surface area (Å²) >= 11 is 0. The van der Waals surface area contributed by atoms with Gasteiger partial charge in [0.25, 0.3) is 5.91 Å². The van der Waals surface area contributed by atoms with Crippen LogP contribution in [0.4, 0.5) is 0 Å². The number of guanidine groups is 1. The molecule has 0 aromatic carbocycles. The Labute approximate surface area is 160 Å². The van der Waals surface area contributed by atoms with Crippen molar-refractivity contribution < 1.29 is 14.3 Å². The Morgan fingerprint density at radius 2 is 1.83 bits per heavy atom. The highest BCUT2D eigenvalue weighted by atomic mass is 127. The van der Waals surface area contributed by atoms with Crippen LogP contribution in [0.1, 0.15) is 12.8 Å². The summed E-state index contributed by atoms with van der Waals surface area (Å²) in [4.78, 5) is 33.7. The lowest BCUT2D eigenvalue weighted by Gasteiger charge is -2.37. The summed E-state index contributed by atoms with van der Waals surface area (Å²) in [7, 11) is 5.15. The molecule has 8 nitrogen and oxygen atoms in total. The van der Waals surface area contributed by atoms with Gasteiger partial charge >= 0.3 is 0 Å². The molecule has 0 spiro atoms. The van der Waals surface area contributed by atoms with E-state index in [1.54, 1.807) is 26.0 Å². The highest BCUT2D eigenvalue weighted by molar-refractivity contribution is 14.0. The Morgan fingerprint density at radius 1 is 1.21 bits per heavy atom. The van der Waals surface area contributed by atoms with Crippen LogP contribution in [0.15, 0.2) is 4.99 Å². The monoisotopic (exact) mass is 453 g/mol. The minimum absolute atomic E-state index is 0. The number of rotatable bonds is 3. The summed E-state index contributed by atoms with van der Waals surface area (Å²) in [6.45, 7) is 3.62. The van der Waals surface area contributed by atoms with Gasteiger partial charge in [-0.05, 0) is 12.8 Å². The fourth-order valence-electron chi connectivity index (χ4n) is 2.76. The molecule has 2 rings (SSSR count). The molecule has 0 aliphatic carbocycles. The zero-order chi connectivity index (χ0) is 16.8. The van der Waals surface area contributed by atoms with E-state index in [0.717, 1.165) is 12.8 Å². The zero-order valence-electron chi connectivity index (χ0n) is 14.7. The molecule has 1 N–H and O–H groups in total. The van der Waals surface area contributed by atoms with Gasteiger partial charge in [0.2, 0.25) is 5.91 Å². The number of piperazine rings is 1. The number of aliphatic imine (C=N–C) groups is 1. The van der Waals surface area contributed by atoms with Gasteiger partial charge in [-0.1, -0.05) is 0 Å². The molecule has 1 unspecified atom stereocenters. The predicted octanol–water partition coefficient (Wildman–Crippen LogP) is -0.409. The maximum absolute atomic E-state index is 12.3. The number of carbonyl (C=O) groups excluding carboxylic acids is 2. The molecule has 0 aromatic heterocycles. The van der Waals surface area contributed by atoms with Crippen molar-refractivity contribution in [3.05, 3.63) is 0 Å². The minimum Gasteiger partial charge on any atom is -0.368 e. The Hall–Kier alpha value is -1.10. The van der Waals surface area contributed by atoms with Crippen molar-refractivity contribution in [1.29, 1.82) is 0 Å². The van der Waals surface area contributed by atoms with Crippen molar-refractivity contribution in [3.8, 4) is 0 Å². The van der Waals surface area contributed by atoms with Crippen LogP contribution in [-0.4, -0.2) is 99.1 Å². The first-order valence-electron chi connectivity index (χ1n) is 8.09. The Bertz CT molecular complexity index is 458. The maximum atomic E-state index is 12.3. The lowest BCUT2D eigenvalue weighted by molar-refractivity contribution is -0.142. The molecule has 1 atom stereocenters. The molecule has 0 bridgehead atoms. The molecule has 9 heteroatoms. The van der Waals surface area contributed by atoms with E-state index in [9.17, 15) is 9.59 Å². The second-order valence-corrected chi connectivity index (χ2v) is 6.00. The van der Waals surface area contributed by atoms with Gasteiger partial charge in [-0.15, -0.1) is 24.0 Å². The van der Waals surface area contributed by atoms with Crippen LogP contribution in [0, 0.1) is 0 Å². The number of hydrogen-bond acceptors (Lipinski definition) is 4. The van der Waals surface area contributed by atoms with E-state index in [4.69, 9.17) is 4.74 Å². The maximum Gasteiger partial charge on any atom is 0.251 e. The third-order valence-electron chi connectivity index (χ3n) is 4.20. The van der Waals surface area contributed by atoms with Crippen molar-refractivity contribution in [3.63, 3.8) is 0 Å². The average Bonchev–Trinajstić information content (AvgIpc) is 3.09. The molecule has 2 aliphatic heterocycles. The first-order chi connectivity index (χ1) is 11.0. The van der Waals surface area contributed by atoms with Gasteiger partial charge in [0.05, 0.1) is 6.54 Å². The summed E-state index contributed by atoms with van der Waals surface area (Å²) in [5.74, 6) is 0.802. The summed E-state index contributed by atoms with van der Waals surface area (Å²) < 4.78 is 5.47. The molecule has 0 aromatic rings. The van der Waals surface area contributed by atoms with Gasteiger partial charge < -0.3 is 24.8 Å². The number of hydrogen-bond donors (Lipinski definition) is 1. The SMILES string of the molecule is CN=C(NCC(=O)N(C)C)N1CCN(C(=O)C2CCCO2)CC1.I. The Kier molecular flexibility index (Phi) is 8.74. The van der Waals surface area contributed by atoms with Crippen LogP contribution in [0.2, 0.25) is 0 Å². The predicted molar refractivity (Wildman–Crippen MR) is 103 cm³/mol. The van der Waals surface area contributed by atoms with Gasteiger partial charge in [0, 0.05) is 53.9 Å². The van der Waals surface area contributed by atoms with Crippen molar-refractivity contribution in [2.24, 2.45) is 4.99 Å². The molecule has 2 amide bonds. The first kappa shape index (κ1) is 20.9. The summed E-state index contributed by atoms with van der Waals surface area (Å²) in [5, 5.41) is 3.08. The number of amides is 2. The molecular formula is C15H28IN5O3. The van der Waals surface area contributed by atoms with Crippen molar-refractivity contribution in [1.82, 2.24) is 20.0 Å². The number of nitrogens with one attached hydrogen (secondary N) is 1. The molecule has 24 heavy (non-hydrogen) atoms. The lowest BCUT2D eigenvalue weighted by Crippen LogP contribution is -2.56. The van der Waals surface area contributed by atoms with Crippen LogP contribution in [-0.2, 0) is 14.3 Å². The van der Waals surface area contributed by atoms with E-state index < -0.39 is 0 Å². The number of halogens is 1. The molecule has 2 fully saturated rings. The largest absolute Gasteiger partial charge is 0.368 e. The third kappa shape index (κ3) is 5.47. The highest BCUT2D eigenvalue weighted by Crippen LogP contribution is 2.16. The van der Waals surface area contributed by atoms with Gasteiger partial charge in [0.15, 0.2) is 5.96 Å². The number of likely N-dealkylation sites (N-methyl/N-ethyl adjacent to an activating group) is 1. The standard InChI is InChI=1S/C15H27N5O3.HI/c1-16-15(17-11-13(21)18(2)3)20-8-6-19(7-9-20)14(22)12-5-4-10-23-12;/h12H,4-11H2,1-3H3,(H,16,17);1H. The van der Waals surface area contributed by atoms with Gasteiger partial charge in [-0.2, -0.15) is 0 Å². The molecule has 2 aliphatic rings. The second kappa shape index (κ2) is 10.0. The molecule has 2 heterocycles. The molecule has 0 saturated carbocycles. The van der Waals surface area contributed by atoms with Gasteiger partial charge in [-0.3, -0.25) is 14.6 Å². The lowest BCUT2D eigenvalue weighted by atomic mass is 10.2. The second-order valence-electron chi connectivity index (χ2n) is 6.00. The average molecular weight is 453 g/mol. The van der Waals surface area contributed by atoms with Gasteiger partial charge in [0.1, 0.15) is 6.10 Å². The molecule has 138 valence electrons. The van der Waals surface area contributed by atoms with E-state index in [2.05, 4.69) is 15.2 Å².